The lowest BCUT2D eigenvalue weighted by molar-refractivity contribution is 0.0785. The predicted molar refractivity (Wildman–Crippen MR) is 81.5 cm³/mol. The van der Waals surface area contributed by atoms with E-state index in [9.17, 15) is 13.2 Å². The van der Waals surface area contributed by atoms with Gasteiger partial charge in [-0.2, -0.15) is 0 Å². The minimum absolute atomic E-state index is 0.0212. The van der Waals surface area contributed by atoms with E-state index in [1.807, 2.05) is 4.90 Å². The van der Waals surface area contributed by atoms with Crippen molar-refractivity contribution in [3.8, 4) is 0 Å². The van der Waals surface area contributed by atoms with Gasteiger partial charge in [0, 0.05) is 18.7 Å². The molecule has 1 heterocycles. The van der Waals surface area contributed by atoms with Crippen LogP contribution in [-0.2, 0) is 10.0 Å². The number of amides is 1. The second-order valence-corrected chi connectivity index (χ2v) is 7.28. The van der Waals surface area contributed by atoms with E-state index in [1.165, 1.54) is 12.1 Å². The molecule has 6 heteroatoms. The Morgan fingerprint density at radius 3 is 2.71 bits per heavy atom. The SMILES string of the molecule is CCCC1CCN(C(=O)c2ccc(S(N)(=O)=O)cc2C)C1. The Hall–Kier alpha value is -1.40. The third-order valence-electron chi connectivity index (χ3n) is 4.03. The highest BCUT2D eigenvalue weighted by Gasteiger charge is 2.27. The first kappa shape index (κ1) is 16.0. The molecule has 0 aromatic heterocycles. The van der Waals surface area contributed by atoms with Gasteiger partial charge in [0.1, 0.15) is 0 Å². The van der Waals surface area contributed by atoms with Crippen molar-refractivity contribution >= 4 is 15.9 Å². The lowest BCUT2D eigenvalue weighted by atomic mass is 10.0. The molecule has 1 aromatic rings. The first-order valence-electron chi connectivity index (χ1n) is 7.25. The van der Waals surface area contributed by atoms with E-state index >= 15 is 0 Å². The number of carbonyl (C=O) groups is 1. The monoisotopic (exact) mass is 310 g/mol. The van der Waals surface area contributed by atoms with Gasteiger partial charge < -0.3 is 4.90 Å². The molecule has 0 bridgehead atoms. The number of nitrogens with zero attached hydrogens (tertiary/aromatic N) is 1. The summed E-state index contributed by atoms with van der Waals surface area (Å²) in [6.45, 7) is 5.46. The summed E-state index contributed by atoms with van der Waals surface area (Å²) in [7, 11) is -3.73. The highest BCUT2D eigenvalue weighted by Crippen LogP contribution is 2.24. The van der Waals surface area contributed by atoms with Crippen LogP contribution < -0.4 is 5.14 Å². The van der Waals surface area contributed by atoms with Gasteiger partial charge >= 0.3 is 0 Å². The maximum Gasteiger partial charge on any atom is 0.254 e. The summed E-state index contributed by atoms with van der Waals surface area (Å²) in [4.78, 5) is 14.4. The summed E-state index contributed by atoms with van der Waals surface area (Å²) in [5.41, 5.74) is 1.20. The molecule has 21 heavy (non-hydrogen) atoms. The molecule has 1 atom stereocenters. The molecule has 1 aliphatic rings. The van der Waals surface area contributed by atoms with Crippen molar-refractivity contribution in [1.29, 1.82) is 0 Å². The summed E-state index contributed by atoms with van der Waals surface area (Å²) in [6, 6.07) is 4.42. The van der Waals surface area contributed by atoms with Crippen molar-refractivity contribution in [3.63, 3.8) is 0 Å². The number of hydrogen-bond donors (Lipinski definition) is 1. The normalized spacial score (nSPS) is 19.0. The third kappa shape index (κ3) is 3.63. The summed E-state index contributed by atoms with van der Waals surface area (Å²) in [6.07, 6.45) is 3.33. The quantitative estimate of drug-likeness (QED) is 0.922. The van der Waals surface area contributed by atoms with Crippen molar-refractivity contribution < 1.29 is 13.2 Å². The van der Waals surface area contributed by atoms with Crippen LogP contribution >= 0.6 is 0 Å². The van der Waals surface area contributed by atoms with Gasteiger partial charge in [-0.1, -0.05) is 13.3 Å². The maximum absolute atomic E-state index is 12.5. The average molecular weight is 310 g/mol. The minimum atomic E-state index is -3.73. The van der Waals surface area contributed by atoms with Crippen molar-refractivity contribution in [1.82, 2.24) is 4.90 Å². The third-order valence-corrected chi connectivity index (χ3v) is 4.94. The smallest absolute Gasteiger partial charge is 0.254 e. The standard InChI is InChI=1S/C15H22N2O3S/c1-3-4-12-7-8-17(10-12)15(18)14-6-5-13(9-11(14)2)21(16,19)20/h5-6,9,12H,3-4,7-8,10H2,1-2H3,(H2,16,19,20). The summed E-state index contributed by atoms with van der Waals surface area (Å²) < 4.78 is 22.6. The number of rotatable bonds is 4. The van der Waals surface area contributed by atoms with Crippen molar-refractivity contribution in [2.24, 2.45) is 11.1 Å². The number of hydrogen-bond acceptors (Lipinski definition) is 3. The van der Waals surface area contributed by atoms with Gasteiger partial charge in [0.05, 0.1) is 4.90 Å². The molecule has 1 unspecified atom stereocenters. The molecule has 1 amide bonds. The highest BCUT2D eigenvalue weighted by molar-refractivity contribution is 7.89. The van der Waals surface area contributed by atoms with E-state index in [0.717, 1.165) is 32.4 Å². The Morgan fingerprint density at radius 2 is 2.14 bits per heavy atom. The van der Waals surface area contributed by atoms with Crippen LogP contribution in [0, 0.1) is 12.8 Å². The van der Waals surface area contributed by atoms with Gasteiger partial charge in [-0.05, 0) is 49.4 Å². The molecule has 116 valence electrons. The van der Waals surface area contributed by atoms with Gasteiger partial charge in [-0.15, -0.1) is 0 Å². The highest BCUT2D eigenvalue weighted by atomic mass is 32.2. The van der Waals surface area contributed by atoms with Crippen LogP contribution in [0.3, 0.4) is 0 Å². The fourth-order valence-corrected chi connectivity index (χ4v) is 3.48. The Labute approximate surface area is 126 Å². The van der Waals surface area contributed by atoms with E-state index in [0.29, 0.717) is 17.0 Å². The number of carbonyl (C=O) groups excluding carboxylic acids is 1. The maximum atomic E-state index is 12.5. The molecule has 0 saturated carbocycles. The topological polar surface area (TPSA) is 80.5 Å². The van der Waals surface area contributed by atoms with Gasteiger partial charge in [-0.3, -0.25) is 4.79 Å². The second kappa shape index (κ2) is 6.15. The molecular weight excluding hydrogens is 288 g/mol. The molecule has 0 radical (unpaired) electrons. The van der Waals surface area contributed by atoms with Gasteiger partial charge in [-0.25, -0.2) is 13.6 Å². The Bertz CT molecular complexity index is 640. The van der Waals surface area contributed by atoms with Gasteiger partial charge in [0.15, 0.2) is 0 Å². The predicted octanol–water partition coefficient (Wildman–Crippen LogP) is 1.90. The number of benzene rings is 1. The first-order valence-corrected chi connectivity index (χ1v) is 8.80. The molecule has 0 aliphatic carbocycles. The van der Waals surface area contributed by atoms with Crippen LogP contribution in [0.1, 0.15) is 42.1 Å². The van der Waals surface area contributed by atoms with Crippen molar-refractivity contribution in [3.05, 3.63) is 29.3 Å². The first-order chi connectivity index (χ1) is 9.82. The largest absolute Gasteiger partial charge is 0.338 e. The van der Waals surface area contributed by atoms with E-state index in [4.69, 9.17) is 5.14 Å². The lowest BCUT2D eigenvalue weighted by Gasteiger charge is -2.18. The molecule has 2 N–H and O–H groups in total. The average Bonchev–Trinajstić information content (AvgIpc) is 2.86. The zero-order valence-corrected chi connectivity index (χ0v) is 13.3. The Balaban J connectivity index is 2.17. The summed E-state index contributed by atoms with van der Waals surface area (Å²) in [5, 5.41) is 5.10. The fourth-order valence-electron chi connectivity index (χ4n) is 2.88. The molecule has 5 nitrogen and oxygen atoms in total. The van der Waals surface area contributed by atoms with Crippen molar-refractivity contribution in [2.45, 2.75) is 38.0 Å². The molecule has 1 aliphatic heterocycles. The number of primary sulfonamides is 1. The van der Waals surface area contributed by atoms with E-state index in [2.05, 4.69) is 6.92 Å². The van der Waals surface area contributed by atoms with Crippen LogP contribution in [0.2, 0.25) is 0 Å². The molecular formula is C15H22N2O3S. The van der Waals surface area contributed by atoms with Crippen LogP contribution in [0.5, 0.6) is 0 Å². The number of sulfonamides is 1. The zero-order valence-electron chi connectivity index (χ0n) is 12.5. The Morgan fingerprint density at radius 1 is 1.43 bits per heavy atom. The minimum Gasteiger partial charge on any atom is -0.338 e. The van der Waals surface area contributed by atoms with Gasteiger partial charge in [0.25, 0.3) is 5.91 Å². The Kier molecular flexibility index (Phi) is 4.68. The number of aryl methyl sites for hydroxylation is 1. The number of likely N-dealkylation sites (tertiary alicyclic amines) is 1. The van der Waals surface area contributed by atoms with Crippen LogP contribution in [0.15, 0.2) is 23.1 Å². The summed E-state index contributed by atoms with van der Waals surface area (Å²) in [5.74, 6) is 0.565. The van der Waals surface area contributed by atoms with E-state index in [-0.39, 0.29) is 10.8 Å². The fraction of sp³-hybridized carbons (Fsp3) is 0.533. The molecule has 1 saturated heterocycles. The molecule has 1 fully saturated rings. The van der Waals surface area contributed by atoms with Gasteiger partial charge in [0.2, 0.25) is 10.0 Å². The lowest BCUT2D eigenvalue weighted by Crippen LogP contribution is -2.29. The second-order valence-electron chi connectivity index (χ2n) is 5.72. The van der Waals surface area contributed by atoms with E-state index < -0.39 is 10.0 Å². The number of nitrogens with two attached hydrogens (primary N) is 1. The van der Waals surface area contributed by atoms with Crippen LogP contribution in [-0.4, -0.2) is 32.3 Å². The molecule has 1 aromatic carbocycles. The molecule has 2 rings (SSSR count). The van der Waals surface area contributed by atoms with Crippen LogP contribution in [0.4, 0.5) is 0 Å². The van der Waals surface area contributed by atoms with Crippen molar-refractivity contribution in [2.75, 3.05) is 13.1 Å². The van der Waals surface area contributed by atoms with Crippen LogP contribution in [0.25, 0.3) is 0 Å². The molecule has 0 spiro atoms. The van der Waals surface area contributed by atoms with E-state index in [1.54, 1.807) is 13.0 Å². The summed E-state index contributed by atoms with van der Waals surface area (Å²) >= 11 is 0. The zero-order chi connectivity index (χ0) is 15.6.